The largest absolute Gasteiger partial charge is 0.497 e. The van der Waals surface area contributed by atoms with Gasteiger partial charge in [-0.15, -0.1) is 11.3 Å². The quantitative estimate of drug-likeness (QED) is 0.761. The van der Waals surface area contributed by atoms with Gasteiger partial charge in [0.05, 0.1) is 12.0 Å². The van der Waals surface area contributed by atoms with E-state index in [4.69, 9.17) is 9.72 Å². The Balaban J connectivity index is 1.60. The minimum Gasteiger partial charge on any atom is -0.497 e. The first kappa shape index (κ1) is 15.4. The molecule has 5 nitrogen and oxygen atoms in total. The third-order valence-corrected chi connectivity index (χ3v) is 5.40. The molecule has 1 saturated heterocycles. The number of hydrogen-bond acceptors (Lipinski definition) is 6. The number of rotatable bonds is 4. The molecule has 0 bridgehead atoms. The van der Waals surface area contributed by atoms with E-state index in [0.717, 1.165) is 53.6 Å². The Morgan fingerprint density at radius 3 is 2.92 bits per heavy atom. The summed E-state index contributed by atoms with van der Waals surface area (Å²) in [5, 5.41) is 8.08. The van der Waals surface area contributed by atoms with Crippen molar-refractivity contribution in [2.45, 2.75) is 18.9 Å². The summed E-state index contributed by atoms with van der Waals surface area (Å²) in [5.74, 6) is 2.55. The van der Waals surface area contributed by atoms with Gasteiger partial charge in [0.15, 0.2) is 5.82 Å². The third-order valence-electron chi connectivity index (χ3n) is 4.29. The molecule has 3 aromatic rings. The number of benzene rings is 1. The van der Waals surface area contributed by atoms with Crippen LogP contribution in [0.4, 0.5) is 5.82 Å². The van der Waals surface area contributed by atoms with Gasteiger partial charge >= 0.3 is 0 Å². The van der Waals surface area contributed by atoms with E-state index in [0.29, 0.717) is 6.04 Å². The molecule has 0 atom stereocenters. The van der Waals surface area contributed by atoms with E-state index in [9.17, 15) is 0 Å². The molecule has 0 spiro atoms. The second kappa shape index (κ2) is 6.75. The minimum absolute atomic E-state index is 0.487. The number of aromatic nitrogens is 2. The van der Waals surface area contributed by atoms with Gasteiger partial charge in [-0.3, -0.25) is 0 Å². The molecule has 3 heterocycles. The van der Waals surface area contributed by atoms with Gasteiger partial charge in [0.2, 0.25) is 0 Å². The highest BCUT2D eigenvalue weighted by atomic mass is 32.1. The van der Waals surface area contributed by atoms with Gasteiger partial charge in [0, 0.05) is 16.9 Å². The van der Waals surface area contributed by atoms with Crippen molar-refractivity contribution in [2.24, 2.45) is 0 Å². The lowest BCUT2D eigenvalue weighted by atomic mass is 10.1. The summed E-state index contributed by atoms with van der Waals surface area (Å²) in [5.41, 5.74) is 0. The van der Waals surface area contributed by atoms with Crippen LogP contribution in [-0.2, 0) is 0 Å². The van der Waals surface area contributed by atoms with Crippen LogP contribution in [0.25, 0.3) is 20.8 Å². The molecule has 4 rings (SSSR count). The summed E-state index contributed by atoms with van der Waals surface area (Å²) in [6.45, 7) is 2.13. The number of piperidine rings is 1. The fourth-order valence-electron chi connectivity index (χ4n) is 2.99. The number of thiophene rings is 1. The molecule has 0 amide bonds. The molecule has 1 aliphatic rings. The Morgan fingerprint density at radius 1 is 1.21 bits per heavy atom. The van der Waals surface area contributed by atoms with Gasteiger partial charge in [0.1, 0.15) is 11.6 Å². The summed E-state index contributed by atoms with van der Waals surface area (Å²) in [7, 11) is 1.69. The SMILES string of the molecule is COc1ccc2sc(-c3nccc(NC4CCNCC4)n3)cc2c1. The summed E-state index contributed by atoms with van der Waals surface area (Å²) in [4.78, 5) is 10.2. The number of anilines is 1. The lowest BCUT2D eigenvalue weighted by Gasteiger charge is -2.24. The average Bonchev–Trinajstić information content (AvgIpc) is 3.06. The van der Waals surface area contributed by atoms with Crippen molar-refractivity contribution in [3.63, 3.8) is 0 Å². The van der Waals surface area contributed by atoms with Gasteiger partial charge < -0.3 is 15.4 Å². The molecular formula is C18H20N4OS. The summed E-state index contributed by atoms with van der Waals surface area (Å²) >= 11 is 1.71. The minimum atomic E-state index is 0.487. The Kier molecular flexibility index (Phi) is 4.32. The van der Waals surface area contributed by atoms with Crippen LogP contribution in [0.2, 0.25) is 0 Å². The molecule has 2 N–H and O–H groups in total. The topological polar surface area (TPSA) is 59.1 Å². The molecule has 2 aromatic heterocycles. The van der Waals surface area contributed by atoms with E-state index in [1.165, 1.54) is 4.70 Å². The first-order valence-electron chi connectivity index (χ1n) is 8.20. The van der Waals surface area contributed by atoms with Gasteiger partial charge in [-0.2, -0.15) is 0 Å². The van der Waals surface area contributed by atoms with Gasteiger partial charge in [-0.25, -0.2) is 9.97 Å². The number of methoxy groups -OCH3 is 1. The lowest BCUT2D eigenvalue weighted by molar-refractivity contribution is 0.415. The smallest absolute Gasteiger partial charge is 0.171 e. The van der Waals surface area contributed by atoms with Gasteiger partial charge in [-0.05, 0) is 61.6 Å². The van der Waals surface area contributed by atoms with Crippen molar-refractivity contribution < 1.29 is 4.74 Å². The lowest BCUT2D eigenvalue weighted by Crippen LogP contribution is -2.35. The van der Waals surface area contributed by atoms with Crippen molar-refractivity contribution >= 4 is 27.2 Å². The second-order valence-corrected chi connectivity index (χ2v) is 7.03. The van der Waals surface area contributed by atoms with Crippen molar-refractivity contribution in [2.75, 3.05) is 25.5 Å². The Bertz CT molecular complexity index is 842. The van der Waals surface area contributed by atoms with Crippen LogP contribution in [0.15, 0.2) is 36.5 Å². The molecular weight excluding hydrogens is 320 g/mol. The number of ether oxygens (including phenoxy) is 1. The number of nitrogens with zero attached hydrogens (tertiary/aromatic N) is 2. The van der Waals surface area contributed by atoms with Gasteiger partial charge in [0.25, 0.3) is 0 Å². The van der Waals surface area contributed by atoms with E-state index >= 15 is 0 Å². The van der Waals surface area contributed by atoms with Crippen molar-refractivity contribution in [3.8, 4) is 16.5 Å². The molecule has 124 valence electrons. The van der Waals surface area contributed by atoms with Crippen LogP contribution in [0.3, 0.4) is 0 Å². The average molecular weight is 340 g/mol. The normalized spacial score (nSPS) is 15.5. The fraction of sp³-hybridized carbons (Fsp3) is 0.333. The molecule has 6 heteroatoms. The fourth-order valence-corrected chi connectivity index (χ4v) is 3.98. The molecule has 0 aliphatic carbocycles. The monoisotopic (exact) mass is 340 g/mol. The molecule has 0 radical (unpaired) electrons. The zero-order valence-electron chi connectivity index (χ0n) is 13.6. The highest BCUT2D eigenvalue weighted by molar-refractivity contribution is 7.22. The first-order valence-corrected chi connectivity index (χ1v) is 9.02. The van der Waals surface area contributed by atoms with E-state index in [-0.39, 0.29) is 0 Å². The van der Waals surface area contributed by atoms with Crippen molar-refractivity contribution in [1.29, 1.82) is 0 Å². The predicted molar refractivity (Wildman–Crippen MR) is 98.9 cm³/mol. The van der Waals surface area contributed by atoms with E-state index in [2.05, 4.69) is 27.8 Å². The van der Waals surface area contributed by atoms with Crippen LogP contribution < -0.4 is 15.4 Å². The Labute approximate surface area is 145 Å². The van der Waals surface area contributed by atoms with Crippen LogP contribution >= 0.6 is 11.3 Å². The molecule has 1 aliphatic heterocycles. The summed E-state index contributed by atoms with van der Waals surface area (Å²) < 4.78 is 6.51. The summed E-state index contributed by atoms with van der Waals surface area (Å²) in [6, 6.07) is 10.7. The molecule has 0 unspecified atom stereocenters. The van der Waals surface area contributed by atoms with Gasteiger partial charge in [-0.1, -0.05) is 0 Å². The highest BCUT2D eigenvalue weighted by Crippen LogP contribution is 2.34. The zero-order chi connectivity index (χ0) is 16.4. The van der Waals surface area contributed by atoms with E-state index in [1.807, 2.05) is 24.4 Å². The molecule has 1 fully saturated rings. The summed E-state index contributed by atoms with van der Waals surface area (Å²) in [6.07, 6.45) is 4.08. The molecule has 1 aromatic carbocycles. The van der Waals surface area contributed by atoms with Crippen molar-refractivity contribution in [1.82, 2.24) is 15.3 Å². The standard InChI is InChI=1S/C18H20N4OS/c1-23-14-2-3-15-12(10-14)11-16(24-15)18-20-9-6-17(22-18)21-13-4-7-19-8-5-13/h2-3,6,9-11,13,19H,4-5,7-8H2,1H3,(H,20,21,22). The highest BCUT2D eigenvalue weighted by Gasteiger charge is 2.14. The van der Waals surface area contributed by atoms with Crippen LogP contribution in [0.1, 0.15) is 12.8 Å². The predicted octanol–water partition coefficient (Wildman–Crippen LogP) is 3.53. The van der Waals surface area contributed by atoms with E-state index in [1.54, 1.807) is 18.4 Å². The maximum absolute atomic E-state index is 5.30. The zero-order valence-corrected chi connectivity index (χ0v) is 14.4. The second-order valence-electron chi connectivity index (χ2n) is 5.95. The van der Waals surface area contributed by atoms with Crippen molar-refractivity contribution in [3.05, 3.63) is 36.5 Å². The van der Waals surface area contributed by atoms with E-state index < -0.39 is 0 Å². The maximum atomic E-state index is 5.30. The third kappa shape index (κ3) is 3.20. The van der Waals surface area contributed by atoms with Crippen LogP contribution in [-0.4, -0.2) is 36.2 Å². The maximum Gasteiger partial charge on any atom is 0.171 e. The molecule has 24 heavy (non-hydrogen) atoms. The number of fused-ring (bicyclic) bond motifs is 1. The number of nitrogens with one attached hydrogen (secondary N) is 2. The van der Waals surface area contributed by atoms with Crippen LogP contribution in [0.5, 0.6) is 5.75 Å². The molecule has 0 saturated carbocycles. The Hall–Kier alpha value is -2.18. The number of hydrogen-bond donors (Lipinski definition) is 2. The first-order chi connectivity index (χ1) is 11.8. The Morgan fingerprint density at radius 2 is 2.08 bits per heavy atom. The van der Waals surface area contributed by atoms with Crippen LogP contribution in [0, 0.1) is 0 Å².